The van der Waals surface area contributed by atoms with Crippen molar-refractivity contribution in [2.24, 2.45) is 11.1 Å². The molecule has 128 valence electrons. The molecule has 0 amide bonds. The Morgan fingerprint density at radius 1 is 1.30 bits per heavy atom. The van der Waals surface area contributed by atoms with Gasteiger partial charge in [0, 0.05) is 41.2 Å². The summed E-state index contributed by atoms with van der Waals surface area (Å²) in [5, 5.41) is 9.50. The van der Waals surface area contributed by atoms with E-state index in [1.165, 1.54) is 12.3 Å². The van der Waals surface area contributed by atoms with Crippen LogP contribution in [0.1, 0.15) is 25.5 Å². The van der Waals surface area contributed by atoms with Crippen molar-refractivity contribution in [1.29, 1.82) is 0 Å². The maximum atomic E-state index is 13.8. The Morgan fingerprint density at radius 3 is 2.43 bits per heavy atom. The third kappa shape index (κ3) is 3.70. The summed E-state index contributed by atoms with van der Waals surface area (Å²) in [5.74, 6) is -0.660. The van der Waals surface area contributed by atoms with E-state index in [1.807, 2.05) is 0 Å². The Balaban J connectivity index is 2.67. The Labute approximate surface area is 139 Å². The maximum absolute atomic E-state index is 13.8. The van der Waals surface area contributed by atoms with Gasteiger partial charge in [0.15, 0.2) is 0 Å². The van der Waals surface area contributed by atoms with Gasteiger partial charge in [0.05, 0.1) is 4.47 Å². The van der Waals surface area contributed by atoms with Crippen molar-refractivity contribution in [3.63, 3.8) is 0 Å². The molecule has 1 aromatic heterocycles. The molecule has 0 unspecified atom stereocenters. The molecular formula is C15H17BrF4N2O. The molecule has 8 heteroatoms. The van der Waals surface area contributed by atoms with E-state index in [9.17, 15) is 22.7 Å². The Morgan fingerprint density at radius 2 is 1.91 bits per heavy atom. The molecule has 3 nitrogen and oxygen atoms in total. The van der Waals surface area contributed by atoms with E-state index in [-0.39, 0.29) is 28.6 Å². The summed E-state index contributed by atoms with van der Waals surface area (Å²) in [6.45, 7) is 3.68. The van der Waals surface area contributed by atoms with Crippen LogP contribution in [0.4, 0.5) is 17.6 Å². The van der Waals surface area contributed by atoms with Gasteiger partial charge in [-0.05, 0) is 28.1 Å². The van der Waals surface area contributed by atoms with E-state index in [1.54, 1.807) is 18.4 Å². The fraction of sp³-hybridized carbons (Fsp3) is 0.467. The lowest BCUT2D eigenvalue weighted by Crippen LogP contribution is -2.28. The zero-order valence-electron chi connectivity index (χ0n) is 12.6. The third-order valence-corrected chi connectivity index (χ3v) is 4.28. The van der Waals surface area contributed by atoms with Gasteiger partial charge in [-0.3, -0.25) is 0 Å². The van der Waals surface area contributed by atoms with Crippen LogP contribution in [0, 0.1) is 11.2 Å². The van der Waals surface area contributed by atoms with Gasteiger partial charge >= 0.3 is 6.18 Å². The van der Waals surface area contributed by atoms with E-state index in [2.05, 4.69) is 15.9 Å². The molecule has 0 saturated heterocycles. The number of fused-ring (bicyclic) bond motifs is 1. The van der Waals surface area contributed by atoms with Gasteiger partial charge < -0.3 is 15.4 Å². The van der Waals surface area contributed by atoms with Gasteiger partial charge in [0.2, 0.25) is 0 Å². The molecule has 1 atom stereocenters. The molecule has 0 aliphatic heterocycles. The molecule has 0 spiro atoms. The van der Waals surface area contributed by atoms with Gasteiger partial charge in [-0.25, -0.2) is 4.39 Å². The van der Waals surface area contributed by atoms with Gasteiger partial charge in [0.1, 0.15) is 11.9 Å². The van der Waals surface area contributed by atoms with E-state index >= 15 is 0 Å². The molecule has 0 aliphatic rings. The number of nitrogens with two attached hydrogens (primary N) is 1. The monoisotopic (exact) mass is 396 g/mol. The highest BCUT2D eigenvalue weighted by atomic mass is 79.9. The van der Waals surface area contributed by atoms with Gasteiger partial charge in [-0.1, -0.05) is 13.8 Å². The number of hydrogen-bond acceptors (Lipinski definition) is 2. The molecule has 2 aromatic rings. The van der Waals surface area contributed by atoms with Crippen LogP contribution in [0.3, 0.4) is 0 Å². The first kappa shape index (κ1) is 18.2. The summed E-state index contributed by atoms with van der Waals surface area (Å²) in [6.07, 6.45) is -3.35. The standard InChI is InChI=1S/C15H17BrF4N2O/c1-14(2,7-23)6-22-5-9(13(21)15(18,19)20)8-3-11(17)10(16)4-12(8)22/h3-5,13,23H,6-7,21H2,1-2H3/t13-/m0/s1. The molecule has 23 heavy (non-hydrogen) atoms. The topological polar surface area (TPSA) is 51.2 Å². The van der Waals surface area contributed by atoms with E-state index in [0.717, 1.165) is 6.07 Å². The summed E-state index contributed by atoms with van der Waals surface area (Å²) >= 11 is 3.04. The van der Waals surface area contributed by atoms with E-state index in [4.69, 9.17) is 5.73 Å². The van der Waals surface area contributed by atoms with Crippen molar-refractivity contribution in [1.82, 2.24) is 4.57 Å². The minimum absolute atomic E-state index is 0.115. The first-order valence-corrected chi connectivity index (χ1v) is 7.66. The van der Waals surface area contributed by atoms with Crippen molar-refractivity contribution in [3.8, 4) is 0 Å². The molecule has 0 aliphatic carbocycles. The summed E-state index contributed by atoms with van der Waals surface area (Å²) in [4.78, 5) is 0. The number of benzene rings is 1. The highest BCUT2D eigenvalue weighted by molar-refractivity contribution is 9.10. The Kier molecular flexibility index (Phi) is 4.81. The number of rotatable bonds is 4. The number of alkyl halides is 3. The van der Waals surface area contributed by atoms with E-state index < -0.39 is 23.5 Å². The molecule has 1 aromatic carbocycles. The first-order valence-electron chi connectivity index (χ1n) is 6.87. The molecule has 2 rings (SSSR count). The summed E-state index contributed by atoms with van der Waals surface area (Å²) in [5.41, 5.74) is 5.00. The molecule has 0 bridgehead atoms. The van der Waals surface area contributed by atoms with Crippen LogP contribution in [-0.2, 0) is 6.54 Å². The predicted molar refractivity (Wildman–Crippen MR) is 83.4 cm³/mol. The van der Waals surface area contributed by atoms with Crippen molar-refractivity contribution in [2.75, 3.05) is 6.61 Å². The normalized spacial score (nSPS) is 14.5. The lowest BCUT2D eigenvalue weighted by Gasteiger charge is -2.23. The van der Waals surface area contributed by atoms with Gasteiger partial charge in [-0.15, -0.1) is 0 Å². The summed E-state index contributed by atoms with van der Waals surface area (Å²) < 4.78 is 54.4. The average Bonchev–Trinajstić information content (AvgIpc) is 2.75. The van der Waals surface area contributed by atoms with Crippen LogP contribution in [0.25, 0.3) is 10.9 Å². The van der Waals surface area contributed by atoms with Crippen LogP contribution in [0.5, 0.6) is 0 Å². The number of halogens is 5. The number of aliphatic hydroxyl groups excluding tert-OH is 1. The second-order valence-corrected chi connectivity index (χ2v) is 7.19. The van der Waals surface area contributed by atoms with Gasteiger partial charge in [0.25, 0.3) is 0 Å². The molecule has 0 radical (unpaired) electrons. The third-order valence-electron chi connectivity index (χ3n) is 3.67. The Bertz CT molecular complexity index is 724. The molecule has 0 saturated carbocycles. The molecule has 0 fully saturated rings. The maximum Gasteiger partial charge on any atom is 0.407 e. The molecule has 3 N–H and O–H groups in total. The number of hydrogen-bond donors (Lipinski definition) is 2. The predicted octanol–water partition coefficient (Wildman–Crippen LogP) is 4.12. The number of aliphatic hydroxyl groups is 1. The van der Waals surface area contributed by atoms with Crippen LogP contribution in [0.15, 0.2) is 22.8 Å². The highest BCUT2D eigenvalue weighted by Crippen LogP contribution is 2.37. The number of nitrogens with zero attached hydrogens (tertiary/aromatic N) is 1. The summed E-state index contributed by atoms with van der Waals surface area (Å²) in [6, 6.07) is 0.261. The van der Waals surface area contributed by atoms with Crippen LogP contribution in [-0.4, -0.2) is 22.5 Å². The van der Waals surface area contributed by atoms with Crippen LogP contribution in [0.2, 0.25) is 0 Å². The fourth-order valence-corrected chi connectivity index (χ4v) is 2.71. The van der Waals surface area contributed by atoms with Crippen molar-refractivity contribution >= 4 is 26.8 Å². The second-order valence-electron chi connectivity index (χ2n) is 6.34. The zero-order chi connectivity index (χ0) is 17.6. The highest BCUT2D eigenvalue weighted by Gasteiger charge is 2.39. The van der Waals surface area contributed by atoms with Crippen LogP contribution < -0.4 is 5.73 Å². The zero-order valence-corrected chi connectivity index (χ0v) is 14.2. The first-order chi connectivity index (χ1) is 10.5. The molecule has 1 heterocycles. The average molecular weight is 397 g/mol. The smallest absolute Gasteiger partial charge is 0.396 e. The SMILES string of the molecule is CC(C)(CO)Cn1cc([C@H](N)C(F)(F)F)c2cc(F)c(Br)cc21. The summed E-state index contributed by atoms with van der Waals surface area (Å²) in [7, 11) is 0. The Hall–Kier alpha value is -1.12. The second kappa shape index (κ2) is 6.07. The molecular weight excluding hydrogens is 380 g/mol. The fourth-order valence-electron chi connectivity index (χ4n) is 2.38. The van der Waals surface area contributed by atoms with Crippen molar-refractivity contribution in [3.05, 3.63) is 34.2 Å². The number of aromatic nitrogens is 1. The van der Waals surface area contributed by atoms with Gasteiger partial charge in [-0.2, -0.15) is 13.2 Å². The van der Waals surface area contributed by atoms with Crippen molar-refractivity contribution < 1.29 is 22.7 Å². The minimum Gasteiger partial charge on any atom is -0.396 e. The lowest BCUT2D eigenvalue weighted by atomic mass is 9.95. The van der Waals surface area contributed by atoms with E-state index in [0.29, 0.717) is 5.52 Å². The minimum atomic E-state index is -4.63. The lowest BCUT2D eigenvalue weighted by molar-refractivity contribution is -0.148. The quantitative estimate of drug-likeness (QED) is 0.763. The van der Waals surface area contributed by atoms with Crippen molar-refractivity contribution in [2.45, 2.75) is 32.6 Å². The largest absolute Gasteiger partial charge is 0.407 e. The van der Waals surface area contributed by atoms with Crippen LogP contribution >= 0.6 is 15.9 Å².